The number of amides is 1. The third kappa shape index (κ3) is 4.69. The summed E-state index contributed by atoms with van der Waals surface area (Å²) >= 11 is 1.60. The predicted molar refractivity (Wildman–Crippen MR) is 75.0 cm³/mol. The molecular weight excluding hydrogens is 266 g/mol. The Morgan fingerprint density at radius 2 is 1.84 bits per heavy atom. The van der Waals surface area contributed by atoms with Crippen LogP contribution in [0.3, 0.4) is 0 Å². The lowest BCUT2D eigenvalue weighted by atomic mass is 9.91. The Balaban J connectivity index is 2.45. The highest BCUT2D eigenvalue weighted by Gasteiger charge is 2.41. The molecule has 0 bridgehead atoms. The Labute approximate surface area is 118 Å². The summed E-state index contributed by atoms with van der Waals surface area (Å²) in [5, 5.41) is 10.1. The molecule has 0 unspecified atom stereocenters. The molecule has 19 heavy (non-hydrogen) atoms. The van der Waals surface area contributed by atoms with Crippen molar-refractivity contribution in [1.29, 1.82) is 0 Å². The number of thioether (sulfide) groups is 1. The Kier molecular flexibility index (Phi) is 5.26. The van der Waals surface area contributed by atoms with Crippen LogP contribution in [0, 0.1) is 0 Å². The van der Waals surface area contributed by atoms with Gasteiger partial charge < -0.3 is 14.7 Å². The standard InChI is InChI=1S/C13H23NO4S/c1-12(2,3)19-9-10(15)14-7-5-13(17,6-8-14)11(16)18-4/h17H,5-9H2,1-4H3. The normalized spacial score (nSPS) is 19.1. The van der Waals surface area contributed by atoms with Crippen molar-refractivity contribution in [3.63, 3.8) is 0 Å². The molecule has 1 amide bonds. The van der Waals surface area contributed by atoms with Crippen LogP contribution in [0.1, 0.15) is 33.6 Å². The van der Waals surface area contributed by atoms with E-state index < -0.39 is 11.6 Å². The molecule has 0 radical (unpaired) electrons. The lowest BCUT2D eigenvalue weighted by Crippen LogP contribution is -2.51. The molecule has 1 saturated heterocycles. The quantitative estimate of drug-likeness (QED) is 0.787. The van der Waals surface area contributed by atoms with Crippen molar-refractivity contribution in [3.8, 4) is 0 Å². The predicted octanol–water partition coefficient (Wildman–Crippen LogP) is 1.04. The van der Waals surface area contributed by atoms with Gasteiger partial charge in [0.2, 0.25) is 5.91 Å². The van der Waals surface area contributed by atoms with Gasteiger partial charge in [-0.25, -0.2) is 4.79 Å². The van der Waals surface area contributed by atoms with Gasteiger partial charge in [0.25, 0.3) is 0 Å². The summed E-state index contributed by atoms with van der Waals surface area (Å²) in [5.74, 6) is -0.115. The van der Waals surface area contributed by atoms with Gasteiger partial charge in [-0.2, -0.15) is 0 Å². The molecule has 1 aliphatic rings. The summed E-state index contributed by atoms with van der Waals surface area (Å²) in [6.07, 6.45) is 0.483. The van der Waals surface area contributed by atoms with E-state index in [1.165, 1.54) is 7.11 Å². The van der Waals surface area contributed by atoms with Crippen molar-refractivity contribution in [2.24, 2.45) is 0 Å². The van der Waals surface area contributed by atoms with Crippen LogP contribution in [0.2, 0.25) is 0 Å². The highest BCUT2D eigenvalue weighted by atomic mass is 32.2. The summed E-state index contributed by atoms with van der Waals surface area (Å²) in [6.45, 7) is 7.00. The van der Waals surface area contributed by atoms with E-state index in [9.17, 15) is 14.7 Å². The number of carbonyl (C=O) groups is 2. The fourth-order valence-corrected chi connectivity index (χ4v) is 2.63. The molecule has 110 valence electrons. The first-order chi connectivity index (χ1) is 8.68. The van der Waals surface area contributed by atoms with E-state index in [-0.39, 0.29) is 23.5 Å². The molecule has 1 heterocycles. The molecule has 6 heteroatoms. The van der Waals surface area contributed by atoms with Gasteiger partial charge in [0, 0.05) is 30.7 Å². The topological polar surface area (TPSA) is 66.8 Å². The summed E-state index contributed by atoms with van der Waals surface area (Å²) in [4.78, 5) is 25.1. The Bertz CT molecular complexity index is 343. The molecule has 0 aromatic rings. The number of ether oxygens (including phenoxy) is 1. The smallest absolute Gasteiger partial charge is 0.337 e. The molecule has 0 spiro atoms. The summed E-state index contributed by atoms with van der Waals surface area (Å²) in [6, 6.07) is 0. The van der Waals surface area contributed by atoms with Crippen LogP contribution in [0.5, 0.6) is 0 Å². The van der Waals surface area contributed by atoms with E-state index in [4.69, 9.17) is 0 Å². The van der Waals surface area contributed by atoms with Crippen molar-refractivity contribution < 1.29 is 19.4 Å². The average molecular weight is 289 g/mol. The fourth-order valence-electron chi connectivity index (χ4n) is 1.89. The lowest BCUT2D eigenvalue weighted by Gasteiger charge is -2.36. The first-order valence-corrected chi connectivity index (χ1v) is 7.39. The molecule has 1 rings (SSSR count). The van der Waals surface area contributed by atoms with Gasteiger partial charge in [-0.15, -0.1) is 11.8 Å². The van der Waals surface area contributed by atoms with Crippen molar-refractivity contribution in [2.45, 2.75) is 44.0 Å². The van der Waals surface area contributed by atoms with E-state index in [0.717, 1.165) is 0 Å². The Morgan fingerprint density at radius 3 is 2.26 bits per heavy atom. The highest BCUT2D eigenvalue weighted by Crippen LogP contribution is 2.26. The molecule has 1 aliphatic heterocycles. The second-order valence-electron chi connectivity index (χ2n) is 5.81. The van der Waals surface area contributed by atoms with Gasteiger partial charge in [-0.05, 0) is 0 Å². The SMILES string of the molecule is COC(=O)C1(O)CCN(C(=O)CSC(C)(C)C)CC1. The van der Waals surface area contributed by atoms with Crippen LogP contribution < -0.4 is 0 Å². The van der Waals surface area contributed by atoms with Gasteiger partial charge in [-0.1, -0.05) is 20.8 Å². The van der Waals surface area contributed by atoms with Crippen LogP contribution in [-0.4, -0.2) is 58.2 Å². The summed E-state index contributed by atoms with van der Waals surface area (Å²) in [5.41, 5.74) is -1.43. The van der Waals surface area contributed by atoms with Crippen LogP contribution in [0.15, 0.2) is 0 Å². The molecule has 5 nitrogen and oxygen atoms in total. The van der Waals surface area contributed by atoms with Gasteiger partial charge in [0.05, 0.1) is 12.9 Å². The zero-order chi connectivity index (χ0) is 14.7. The number of likely N-dealkylation sites (tertiary alicyclic amines) is 1. The third-order valence-corrected chi connectivity index (χ3v) is 4.39. The zero-order valence-electron chi connectivity index (χ0n) is 12.1. The minimum atomic E-state index is -1.43. The van der Waals surface area contributed by atoms with E-state index in [1.807, 2.05) is 0 Å². The minimum Gasteiger partial charge on any atom is -0.467 e. The van der Waals surface area contributed by atoms with Crippen molar-refractivity contribution >= 4 is 23.6 Å². The molecule has 0 saturated carbocycles. The van der Waals surface area contributed by atoms with Gasteiger partial charge in [0.1, 0.15) is 0 Å². The van der Waals surface area contributed by atoms with Crippen molar-refractivity contribution in [3.05, 3.63) is 0 Å². The van der Waals surface area contributed by atoms with Gasteiger partial charge in [0.15, 0.2) is 5.60 Å². The number of esters is 1. The molecule has 1 fully saturated rings. The average Bonchev–Trinajstić information content (AvgIpc) is 2.35. The van der Waals surface area contributed by atoms with E-state index in [1.54, 1.807) is 16.7 Å². The van der Waals surface area contributed by atoms with Gasteiger partial charge >= 0.3 is 5.97 Å². The van der Waals surface area contributed by atoms with Crippen molar-refractivity contribution in [2.75, 3.05) is 26.0 Å². The first kappa shape index (κ1) is 16.3. The van der Waals surface area contributed by atoms with Crippen LogP contribution >= 0.6 is 11.8 Å². The van der Waals surface area contributed by atoms with E-state index in [0.29, 0.717) is 18.8 Å². The maximum atomic E-state index is 12.0. The molecule has 0 aromatic heterocycles. The molecule has 0 aliphatic carbocycles. The van der Waals surface area contributed by atoms with E-state index in [2.05, 4.69) is 25.5 Å². The van der Waals surface area contributed by atoms with Gasteiger partial charge in [-0.3, -0.25) is 4.79 Å². The van der Waals surface area contributed by atoms with Crippen molar-refractivity contribution in [1.82, 2.24) is 4.90 Å². The molecule has 0 atom stereocenters. The monoisotopic (exact) mass is 289 g/mol. The maximum Gasteiger partial charge on any atom is 0.337 e. The molecule has 1 N–H and O–H groups in total. The van der Waals surface area contributed by atoms with Crippen LogP contribution in [-0.2, 0) is 14.3 Å². The molecule has 0 aromatic carbocycles. The summed E-state index contributed by atoms with van der Waals surface area (Å²) in [7, 11) is 1.26. The number of hydrogen-bond donors (Lipinski definition) is 1. The number of aliphatic hydroxyl groups is 1. The van der Waals surface area contributed by atoms with Crippen LogP contribution in [0.25, 0.3) is 0 Å². The molecular formula is C13H23NO4S. The first-order valence-electron chi connectivity index (χ1n) is 6.40. The number of methoxy groups -OCH3 is 1. The van der Waals surface area contributed by atoms with Crippen LogP contribution in [0.4, 0.5) is 0 Å². The fraction of sp³-hybridized carbons (Fsp3) is 0.846. The summed E-state index contributed by atoms with van der Waals surface area (Å²) < 4.78 is 4.64. The second-order valence-corrected chi connectivity index (χ2v) is 7.61. The zero-order valence-corrected chi connectivity index (χ0v) is 12.9. The Morgan fingerprint density at radius 1 is 1.32 bits per heavy atom. The highest BCUT2D eigenvalue weighted by molar-refractivity contribution is 8.01. The number of carbonyl (C=O) groups excluding carboxylic acids is 2. The number of rotatable bonds is 3. The Hall–Kier alpha value is -0.750. The van der Waals surface area contributed by atoms with E-state index >= 15 is 0 Å². The minimum absolute atomic E-state index is 0.0538. The lowest BCUT2D eigenvalue weighted by molar-refractivity contribution is -0.168. The maximum absolute atomic E-state index is 12.0. The number of nitrogens with zero attached hydrogens (tertiary/aromatic N) is 1. The third-order valence-electron chi connectivity index (χ3n) is 3.14. The number of hydrogen-bond acceptors (Lipinski definition) is 5. The largest absolute Gasteiger partial charge is 0.467 e. The second kappa shape index (κ2) is 6.13. The number of piperidine rings is 1.